The Morgan fingerprint density at radius 3 is 1.48 bits per heavy atom. The Bertz CT molecular complexity index is 1570. The molecule has 0 aliphatic heterocycles. The first kappa shape index (κ1) is 61.7. The van der Waals surface area contributed by atoms with E-state index in [-0.39, 0.29) is 32.1 Å². The van der Waals surface area contributed by atoms with Crippen LogP contribution in [0.2, 0.25) is 0 Å². The van der Waals surface area contributed by atoms with E-state index in [9.17, 15) is 54.8 Å². The average molecular weight is 967 g/mol. The van der Waals surface area contributed by atoms with Gasteiger partial charge in [-0.15, -0.1) is 0 Å². The quantitative estimate of drug-likeness (QED) is 0.0127. The van der Waals surface area contributed by atoms with Crippen molar-refractivity contribution in [2.45, 2.75) is 197 Å². The fourth-order valence-corrected chi connectivity index (χ4v) is 7.63. The van der Waals surface area contributed by atoms with Crippen LogP contribution in [-0.4, -0.2) is 121 Å². The van der Waals surface area contributed by atoms with Crippen LogP contribution in [0.25, 0.3) is 0 Å². The molecule has 0 aromatic carbocycles. The monoisotopic (exact) mass is 967 g/mol. The van der Waals surface area contributed by atoms with Crippen LogP contribution in [0.4, 0.5) is 0 Å². The summed E-state index contributed by atoms with van der Waals surface area (Å²) in [5, 5.41) is 71.0. The molecule has 1 fully saturated rings. The van der Waals surface area contributed by atoms with Crippen molar-refractivity contribution in [1.82, 2.24) is 0 Å². The van der Waals surface area contributed by atoms with Crippen LogP contribution in [-0.2, 0) is 32.7 Å². The van der Waals surface area contributed by atoms with Crippen molar-refractivity contribution in [1.29, 1.82) is 0 Å². The molecule has 67 heavy (non-hydrogen) atoms. The number of phosphoric ester groups is 1. The summed E-state index contributed by atoms with van der Waals surface area (Å²) in [6.07, 6.45) is 31.7. The van der Waals surface area contributed by atoms with Crippen LogP contribution < -0.4 is 0 Å². The fraction of sp³-hybridized carbons (Fsp3) is 0.647. The number of hydrogen-bond donors (Lipinski definition) is 8. The van der Waals surface area contributed by atoms with Crippen LogP contribution >= 0.6 is 7.82 Å². The first-order valence-electron chi connectivity index (χ1n) is 24.2. The summed E-state index contributed by atoms with van der Waals surface area (Å²) in [5.41, 5.74) is 0. The highest BCUT2D eigenvalue weighted by Crippen LogP contribution is 2.47. The van der Waals surface area contributed by atoms with Gasteiger partial charge in [0, 0.05) is 12.8 Å². The second-order valence-electron chi connectivity index (χ2n) is 16.5. The lowest BCUT2D eigenvalue weighted by molar-refractivity contribution is -0.220. The first-order valence-corrected chi connectivity index (χ1v) is 25.7. The highest BCUT2D eigenvalue weighted by molar-refractivity contribution is 7.47. The zero-order valence-electron chi connectivity index (χ0n) is 39.9. The standard InChI is InChI=1S/C51H83O15P/c1-3-5-7-9-11-13-15-17-18-19-20-21-22-23-25-27-29-31-33-37-45(55)65-41(40-64-67(61,62)66-51-49(59)47(57)46(56)48(58)50(51)60)39-63-44(54)38-34-36-43(53)42(52)35-32-30-28-26-24-16-14-12-10-8-6-4-2/h5-8,11-14,17-18,20-21,24,26,30,32,41-43,46-53,56-60H,3-4,9-10,15-16,19,22-23,25,27-29,31,33-40H2,1-2H3,(H,61,62)/b7-5-,8-6-,13-11-,14-12-,18-17-,21-20-,26-24-,32-30-/t41-,42+,43+,46?,47-,48+,49-,50-,51?/m1/s1. The van der Waals surface area contributed by atoms with Gasteiger partial charge in [-0.1, -0.05) is 137 Å². The molecule has 8 N–H and O–H groups in total. The molecule has 1 saturated carbocycles. The summed E-state index contributed by atoms with van der Waals surface area (Å²) in [6.45, 7) is 2.80. The maximum atomic E-state index is 12.8. The van der Waals surface area contributed by atoms with Crippen molar-refractivity contribution < 1.29 is 73.3 Å². The van der Waals surface area contributed by atoms with E-state index in [1.807, 2.05) is 12.2 Å². The highest BCUT2D eigenvalue weighted by atomic mass is 31.2. The molecule has 1 aliphatic rings. The van der Waals surface area contributed by atoms with Gasteiger partial charge in [0.25, 0.3) is 0 Å². The molecule has 16 heteroatoms. The van der Waals surface area contributed by atoms with Gasteiger partial charge in [-0.3, -0.25) is 18.6 Å². The average Bonchev–Trinajstić information content (AvgIpc) is 3.30. The molecule has 0 radical (unpaired) electrons. The van der Waals surface area contributed by atoms with E-state index in [1.165, 1.54) is 0 Å². The predicted octanol–water partition coefficient (Wildman–Crippen LogP) is 7.77. The minimum atomic E-state index is -5.20. The largest absolute Gasteiger partial charge is 0.472 e. The second kappa shape index (κ2) is 39.5. The Kier molecular flexibility index (Phi) is 36.4. The topological polar surface area (TPSA) is 250 Å². The maximum Gasteiger partial charge on any atom is 0.472 e. The predicted molar refractivity (Wildman–Crippen MR) is 260 cm³/mol. The number of unbranched alkanes of at least 4 members (excludes halogenated alkanes) is 6. The summed E-state index contributed by atoms with van der Waals surface area (Å²) >= 11 is 0. The summed E-state index contributed by atoms with van der Waals surface area (Å²) in [6, 6.07) is 0. The minimum Gasteiger partial charge on any atom is -0.462 e. The molecular formula is C51H83O15P. The summed E-state index contributed by atoms with van der Waals surface area (Å²) < 4.78 is 33.4. The van der Waals surface area contributed by atoms with Crippen molar-refractivity contribution in [2.75, 3.05) is 13.2 Å². The molecule has 0 aromatic rings. The lowest BCUT2D eigenvalue weighted by Gasteiger charge is -2.41. The van der Waals surface area contributed by atoms with Crippen LogP contribution in [0.1, 0.15) is 142 Å². The number of hydrogen-bond acceptors (Lipinski definition) is 14. The van der Waals surface area contributed by atoms with E-state index in [4.69, 9.17) is 18.5 Å². The Labute approximate surface area is 399 Å². The summed E-state index contributed by atoms with van der Waals surface area (Å²) in [4.78, 5) is 35.8. The van der Waals surface area contributed by atoms with Gasteiger partial charge in [0.05, 0.1) is 18.8 Å². The number of phosphoric acid groups is 1. The second-order valence-corrected chi connectivity index (χ2v) is 17.9. The number of rotatable bonds is 38. The summed E-state index contributed by atoms with van der Waals surface area (Å²) in [7, 11) is -5.20. The number of allylic oxidation sites excluding steroid dienone is 15. The number of aliphatic hydroxyl groups is 7. The third-order valence-corrected chi connectivity index (χ3v) is 11.6. The lowest BCUT2D eigenvalue weighted by Crippen LogP contribution is -2.64. The first-order chi connectivity index (χ1) is 32.2. The molecule has 10 atom stereocenters. The Morgan fingerprint density at radius 2 is 0.955 bits per heavy atom. The van der Waals surface area contributed by atoms with Gasteiger partial charge in [0.2, 0.25) is 0 Å². The Hall–Kier alpha value is -3.31. The van der Waals surface area contributed by atoms with Gasteiger partial charge >= 0.3 is 19.8 Å². The zero-order chi connectivity index (χ0) is 49.5. The van der Waals surface area contributed by atoms with Gasteiger partial charge in [0.1, 0.15) is 43.2 Å². The molecule has 0 amide bonds. The summed E-state index contributed by atoms with van der Waals surface area (Å²) in [5.74, 6) is -1.41. The molecule has 0 spiro atoms. The van der Waals surface area contributed by atoms with E-state index < -0.39 is 87.9 Å². The fourth-order valence-electron chi connectivity index (χ4n) is 6.66. The molecule has 0 bridgehead atoms. The molecule has 0 heterocycles. The van der Waals surface area contributed by atoms with E-state index >= 15 is 0 Å². The Balaban J connectivity index is 2.56. The van der Waals surface area contributed by atoms with Crippen molar-refractivity contribution in [3.8, 4) is 0 Å². The van der Waals surface area contributed by atoms with Crippen LogP contribution in [0, 0.1) is 0 Å². The van der Waals surface area contributed by atoms with Crippen molar-refractivity contribution >= 4 is 19.8 Å². The number of carbonyl (C=O) groups excluding carboxylic acids is 2. The molecular weight excluding hydrogens is 884 g/mol. The van der Waals surface area contributed by atoms with Crippen LogP contribution in [0.15, 0.2) is 97.2 Å². The van der Waals surface area contributed by atoms with Crippen molar-refractivity contribution in [3.63, 3.8) is 0 Å². The number of ether oxygens (including phenoxy) is 2. The van der Waals surface area contributed by atoms with Crippen molar-refractivity contribution in [3.05, 3.63) is 97.2 Å². The molecule has 0 aromatic heterocycles. The van der Waals surface area contributed by atoms with Crippen molar-refractivity contribution in [2.24, 2.45) is 0 Å². The number of esters is 2. The van der Waals surface area contributed by atoms with Gasteiger partial charge in [-0.05, 0) is 89.9 Å². The third-order valence-electron chi connectivity index (χ3n) is 10.6. The molecule has 382 valence electrons. The Morgan fingerprint density at radius 1 is 0.522 bits per heavy atom. The zero-order valence-corrected chi connectivity index (χ0v) is 40.8. The van der Waals surface area contributed by atoms with E-state index in [2.05, 4.69) is 92.8 Å². The van der Waals surface area contributed by atoms with Gasteiger partial charge in [0.15, 0.2) is 6.10 Å². The molecule has 3 unspecified atom stereocenters. The number of carbonyl (C=O) groups is 2. The van der Waals surface area contributed by atoms with Crippen LogP contribution in [0.5, 0.6) is 0 Å². The SMILES string of the molecule is CC/C=C\C/C=C\C/C=C\C/C=C\CCCCCCCCC(=O)O[C@H](COC(=O)CCC[C@H](O)[C@@H](O)C/C=C\C/C=C\C/C=C\C/C=C\CC)COP(=O)(O)OC1[C@H](O)[C@H](O)C(O)[C@H](O)[C@H]1O. The molecule has 1 aliphatic carbocycles. The molecule has 0 saturated heterocycles. The lowest BCUT2D eigenvalue weighted by atomic mass is 9.85. The van der Waals surface area contributed by atoms with E-state index in [1.54, 1.807) is 6.08 Å². The van der Waals surface area contributed by atoms with E-state index in [0.29, 0.717) is 12.8 Å². The third kappa shape index (κ3) is 31.4. The smallest absolute Gasteiger partial charge is 0.462 e. The maximum absolute atomic E-state index is 12.8. The molecule has 15 nitrogen and oxygen atoms in total. The highest BCUT2D eigenvalue weighted by Gasteiger charge is 2.51. The van der Waals surface area contributed by atoms with Gasteiger partial charge in [-0.2, -0.15) is 0 Å². The van der Waals surface area contributed by atoms with Gasteiger partial charge < -0.3 is 50.1 Å². The van der Waals surface area contributed by atoms with Gasteiger partial charge in [-0.25, -0.2) is 4.57 Å². The normalized spacial score (nSPS) is 23.0. The molecule has 1 rings (SSSR count). The minimum absolute atomic E-state index is 0.0133. The number of aliphatic hydroxyl groups excluding tert-OH is 7. The van der Waals surface area contributed by atoms with E-state index in [0.717, 1.165) is 83.5 Å². The van der Waals surface area contributed by atoms with Crippen LogP contribution in [0.3, 0.4) is 0 Å².